The number of alkyl halides is 9. The highest BCUT2D eigenvalue weighted by Gasteiger charge is 2.48. The van der Waals surface area contributed by atoms with Gasteiger partial charge in [-0.2, -0.15) is 39.5 Å². The van der Waals surface area contributed by atoms with Crippen molar-refractivity contribution < 1.29 is 58.6 Å². The van der Waals surface area contributed by atoms with Crippen molar-refractivity contribution in [3.63, 3.8) is 0 Å². The molecule has 1 aliphatic heterocycles. The van der Waals surface area contributed by atoms with E-state index < -0.39 is 77.7 Å². The zero-order valence-electron chi connectivity index (χ0n) is 23.0. The van der Waals surface area contributed by atoms with Gasteiger partial charge in [0, 0.05) is 12.6 Å². The molecule has 0 aromatic heterocycles. The first kappa shape index (κ1) is 32.3. The van der Waals surface area contributed by atoms with Crippen LogP contribution in [0.1, 0.15) is 67.0 Å². The molecule has 0 radical (unpaired) electrons. The summed E-state index contributed by atoms with van der Waals surface area (Å²) in [5.41, 5.74) is -5.18. The lowest BCUT2D eigenvalue weighted by Gasteiger charge is -2.44. The number of benzene rings is 2. The van der Waals surface area contributed by atoms with Crippen molar-refractivity contribution in [3.05, 3.63) is 64.2 Å². The van der Waals surface area contributed by atoms with Gasteiger partial charge in [-0.15, -0.1) is 0 Å². The number of nitrogens with zero attached hydrogens (tertiary/aromatic N) is 2. The Labute approximate surface area is 240 Å². The van der Waals surface area contributed by atoms with Gasteiger partial charge in [-0.05, 0) is 86.6 Å². The Hall–Kier alpha value is -3.65. The summed E-state index contributed by atoms with van der Waals surface area (Å²) < 4.78 is 133. The maximum Gasteiger partial charge on any atom is 0.416 e. The minimum atomic E-state index is -5.17. The summed E-state index contributed by atoms with van der Waals surface area (Å²) in [4.78, 5) is 28.2. The number of amides is 2. The molecule has 0 N–H and O–H groups in total. The van der Waals surface area contributed by atoms with Crippen LogP contribution in [0.25, 0.3) is 0 Å². The largest absolute Gasteiger partial charge is 0.453 e. The second-order valence-corrected chi connectivity index (χ2v) is 10.7. The van der Waals surface area contributed by atoms with E-state index in [2.05, 4.69) is 0 Å². The smallest absolute Gasteiger partial charge is 0.416 e. The number of hydrogen-bond acceptors (Lipinski definition) is 4. The fraction of sp³-hybridized carbons (Fsp3) is 0.500. The molecule has 2 atom stereocenters. The highest BCUT2D eigenvalue weighted by Crippen LogP contribution is 2.50. The maximum atomic E-state index is 13.8. The van der Waals surface area contributed by atoms with Crippen LogP contribution in [0.15, 0.2) is 36.4 Å². The van der Waals surface area contributed by atoms with Gasteiger partial charge >= 0.3 is 30.7 Å². The molecule has 1 heterocycles. The van der Waals surface area contributed by atoms with Crippen LogP contribution in [0.4, 0.5) is 54.8 Å². The van der Waals surface area contributed by atoms with Crippen molar-refractivity contribution in [2.45, 2.75) is 76.4 Å². The molecule has 1 fully saturated rings. The predicted molar refractivity (Wildman–Crippen MR) is 134 cm³/mol. The summed E-state index contributed by atoms with van der Waals surface area (Å²) in [7, 11) is 0.920. The van der Waals surface area contributed by atoms with Gasteiger partial charge in [0.05, 0.1) is 41.6 Å². The van der Waals surface area contributed by atoms with E-state index in [0.29, 0.717) is 31.0 Å². The van der Waals surface area contributed by atoms with Crippen molar-refractivity contribution in [3.8, 4) is 0 Å². The normalized spacial score (nSPS) is 19.2. The number of rotatable bonds is 5. The molecule has 0 saturated heterocycles. The minimum Gasteiger partial charge on any atom is -0.453 e. The summed E-state index contributed by atoms with van der Waals surface area (Å²) in [6, 6.07) is 1.29. The van der Waals surface area contributed by atoms with Crippen LogP contribution >= 0.6 is 0 Å². The predicted octanol–water partition coefficient (Wildman–Crippen LogP) is 8.59. The Morgan fingerprint density at radius 1 is 0.884 bits per heavy atom. The summed E-state index contributed by atoms with van der Waals surface area (Å²) >= 11 is 0. The van der Waals surface area contributed by atoms with E-state index in [-0.39, 0.29) is 29.7 Å². The van der Waals surface area contributed by atoms with Crippen molar-refractivity contribution in [1.29, 1.82) is 0 Å². The van der Waals surface area contributed by atoms with E-state index in [0.717, 1.165) is 24.1 Å². The van der Waals surface area contributed by atoms with Crippen LogP contribution in [0.2, 0.25) is 0 Å². The third kappa shape index (κ3) is 7.12. The summed E-state index contributed by atoms with van der Waals surface area (Å²) in [6.07, 6.45) is -16.7. The zero-order valence-corrected chi connectivity index (χ0v) is 23.0. The third-order valence-corrected chi connectivity index (χ3v) is 7.25. The second-order valence-electron chi connectivity index (χ2n) is 10.7. The molecule has 43 heavy (non-hydrogen) atoms. The number of halogens is 9. The van der Waals surface area contributed by atoms with Gasteiger partial charge < -0.3 is 9.47 Å². The molecule has 2 aromatic rings. The van der Waals surface area contributed by atoms with Crippen LogP contribution in [0.5, 0.6) is 0 Å². The first-order valence-electron chi connectivity index (χ1n) is 13.1. The summed E-state index contributed by atoms with van der Waals surface area (Å²) in [5, 5.41) is 0. The van der Waals surface area contributed by atoms with Gasteiger partial charge in [0.15, 0.2) is 0 Å². The number of ether oxygens (including phenoxy) is 2. The average molecular weight is 627 g/mol. The van der Waals surface area contributed by atoms with Crippen LogP contribution < -0.4 is 4.90 Å². The summed E-state index contributed by atoms with van der Waals surface area (Å²) in [6.45, 7) is 2.29. The number of fused-ring (bicyclic) bond motifs is 1. The van der Waals surface area contributed by atoms with Gasteiger partial charge in [0.1, 0.15) is 0 Å². The Balaban J connectivity index is 1.88. The molecule has 15 heteroatoms. The van der Waals surface area contributed by atoms with E-state index in [4.69, 9.17) is 9.47 Å². The van der Waals surface area contributed by atoms with Crippen LogP contribution in [-0.2, 0) is 34.5 Å². The van der Waals surface area contributed by atoms with Crippen molar-refractivity contribution in [1.82, 2.24) is 4.90 Å². The summed E-state index contributed by atoms with van der Waals surface area (Å²) in [5.74, 6) is -0.137. The average Bonchev–Trinajstić information content (AvgIpc) is 3.73. The molecule has 2 aliphatic rings. The lowest BCUT2D eigenvalue weighted by molar-refractivity contribution is -0.143. The van der Waals surface area contributed by atoms with E-state index in [1.165, 1.54) is 4.90 Å². The molecule has 2 amide bonds. The SMILES string of the molecule is COC(=O)N(Cc1cc(C(F)(F)F)cc(C(F)(F)F)c1)C1CC(C2CC2)N(C(=O)OC(C)C)c2ccc(C(F)(F)F)cc21. The fourth-order valence-corrected chi connectivity index (χ4v) is 5.26. The molecule has 0 bridgehead atoms. The molecule has 6 nitrogen and oxygen atoms in total. The van der Waals surface area contributed by atoms with Gasteiger partial charge in [-0.3, -0.25) is 9.80 Å². The fourth-order valence-electron chi connectivity index (χ4n) is 5.26. The number of carbonyl (C=O) groups excluding carboxylic acids is 2. The van der Waals surface area contributed by atoms with E-state index in [1.807, 2.05) is 0 Å². The van der Waals surface area contributed by atoms with Crippen molar-refractivity contribution in [2.24, 2.45) is 5.92 Å². The first-order chi connectivity index (χ1) is 19.8. The molecule has 1 aliphatic carbocycles. The molecule has 1 saturated carbocycles. The van der Waals surface area contributed by atoms with E-state index in [1.54, 1.807) is 13.8 Å². The standard InChI is InChI=1S/C28H27F9N2O4/c1-14(2)43-25(41)39-21-7-6-17(26(29,30)31)11-20(21)23(12-22(39)16-4-5-16)38(24(40)42-3)13-15-8-18(27(32,33)34)10-19(9-15)28(35,36)37/h6-11,14,16,22-23H,4-5,12-13H2,1-3H3. The molecular formula is C28H27F9N2O4. The Bertz CT molecular complexity index is 1340. The van der Waals surface area contributed by atoms with Crippen molar-refractivity contribution >= 4 is 17.9 Å². The number of carbonyl (C=O) groups is 2. The lowest BCUT2D eigenvalue weighted by Crippen LogP contribution is -2.50. The maximum absolute atomic E-state index is 13.8. The number of anilines is 1. The van der Waals surface area contributed by atoms with Gasteiger partial charge in [0.2, 0.25) is 0 Å². The molecule has 2 unspecified atom stereocenters. The number of hydrogen-bond donors (Lipinski definition) is 0. The van der Waals surface area contributed by atoms with E-state index >= 15 is 0 Å². The Kier molecular flexibility index (Phi) is 8.59. The quantitative estimate of drug-likeness (QED) is 0.312. The molecular weight excluding hydrogens is 599 g/mol. The topological polar surface area (TPSA) is 59.1 Å². The minimum absolute atomic E-state index is 0.0271. The molecule has 0 spiro atoms. The lowest BCUT2D eigenvalue weighted by atomic mass is 9.86. The molecule has 2 aromatic carbocycles. The van der Waals surface area contributed by atoms with Gasteiger partial charge in [0.25, 0.3) is 0 Å². The van der Waals surface area contributed by atoms with Crippen LogP contribution in [0.3, 0.4) is 0 Å². The molecule has 4 rings (SSSR count). The second kappa shape index (κ2) is 11.5. The first-order valence-corrected chi connectivity index (χ1v) is 13.1. The number of methoxy groups -OCH3 is 1. The van der Waals surface area contributed by atoms with Crippen molar-refractivity contribution in [2.75, 3.05) is 12.0 Å². The van der Waals surface area contributed by atoms with Crippen LogP contribution in [-0.4, -0.2) is 36.3 Å². The molecule has 236 valence electrons. The van der Waals surface area contributed by atoms with Crippen LogP contribution in [0, 0.1) is 5.92 Å². The zero-order chi connectivity index (χ0) is 32.1. The Morgan fingerprint density at radius 3 is 1.91 bits per heavy atom. The van der Waals surface area contributed by atoms with Gasteiger partial charge in [-0.25, -0.2) is 9.59 Å². The van der Waals surface area contributed by atoms with Gasteiger partial charge in [-0.1, -0.05) is 0 Å². The highest BCUT2D eigenvalue weighted by atomic mass is 19.4. The highest BCUT2D eigenvalue weighted by molar-refractivity contribution is 5.91. The third-order valence-electron chi connectivity index (χ3n) is 7.25. The Morgan fingerprint density at radius 2 is 1.44 bits per heavy atom. The monoisotopic (exact) mass is 626 g/mol. The van der Waals surface area contributed by atoms with E-state index in [9.17, 15) is 49.1 Å².